The number of benzene rings is 2. The Morgan fingerprint density at radius 3 is 2.62 bits per heavy atom. The predicted octanol–water partition coefficient (Wildman–Crippen LogP) is 3.57. The van der Waals surface area contributed by atoms with Crippen LogP contribution in [0.2, 0.25) is 0 Å². The average Bonchev–Trinajstić information content (AvgIpc) is 2.69. The van der Waals surface area contributed by atoms with E-state index in [1.165, 1.54) is 0 Å². The quantitative estimate of drug-likeness (QED) is 0.768. The van der Waals surface area contributed by atoms with Gasteiger partial charge >= 0.3 is 0 Å². The minimum atomic E-state index is -0.505. The lowest BCUT2D eigenvalue weighted by Gasteiger charge is -2.19. The molecule has 2 aromatic rings. The second-order valence-corrected chi connectivity index (χ2v) is 7.05. The summed E-state index contributed by atoms with van der Waals surface area (Å²) in [4.78, 5) is 12.0. The topological polar surface area (TPSA) is 55.1 Å². The summed E-state index contributed by atoms with van der Waals surface area (Å²) < 4.78 is 1.15. The Labute approximate surface area is 138 Å². The molecule has 108 valence electrons. The third-order valence-electron chi connectivity index (χ3n) is 4.13. The Hall–Kier alpha value is -1.40. The number of carbonyl (C=O) groups is 1. The molecule has 1 amide bonds. The van der Waals surface area contributed by atoms with Gasteiger partial charge in [-0.2, -0.15) is 0 Å². The van der Waals surface area contributed by atoms with E-state index in [-0.39, 0.29) is 11.9 Å². The fourth-order valence-corrected chi connectivity index (χ4v) is 3.41. The maximum absolute atomic E-state index is 12.0. The Bertz CT molecular complexity index is 724. The highest BCUT2D eigenvalue weighted by molar-refractivity contribution is 14.1. The highest BCUT2D eigenvalue weighted by Crippen LogP contribution is 2.39. The van der Waals surface area contributed by atoms with Crippen LogP contribution in [0.3, 0.4) is 0 Å². The van der Waals surface area contributed by atoms with Crippen molar-refractivity contribution in [3.05, 3.63) is 62.7 Å². The van der Waals surface area contributed by atoms with Gasteiger partial charge in [-0.25, -0.2) is 0 Å². The van der Waals surface area contributed by atoms with Crippen molar-refractivity contribution in [1.29, 1.82) is 0 Å². The molecule has 0 aliphatic carbocycles. The zero-order valence-electron chi connectivity index (χ0n) is 12.0. The molecule has 1 unspecified atom stereocenters. The molecule has 0 radical (unpaired) electrons. The molecule has 0 aromatic heterocycles. The molecule has 1 heterocycles. The van der Waals surface area contributed by atoms with Gasteiger partial charge in [-0.3, -0.25) is 4.79 Å². The number of rotatable bonds is 2. The molecular weight excluding hydrogens is 375 g/mol. The maximum atomic E-state index is 12.0. The molecule has 1 aliphatic rings. The first-order chi connectivity index (χ1) is 9.91. The van der Waals surface area contributed by atoms with E-state index >= 15 is 0 Å². The molecule has 0 spiro atoms. The number of fused-ring (bicyclic) bond motifs is 1. The van der Waals surface area contributed by atoms with Gasteiger partial charge in [0.1, 0.15) is 0 Å². The van der Waals surface area contributed by atoms with E-state index in [0.717, 1.165) is 25.9 Å². The summed E-state index contributed by atoms with van der Waals surface area (Å²) in [5.41, 5.74) is 9.97. The van der Waals surface area contributed by atoms with Gasteiger partial charge in [0.05, 0.1) is 11.5 Å². The second kappa shape index (κ2) is 5.10. The van der Waals surface area contributed by atoms with E-state index in [4.69, 9.17) is 5.73 Å². The molecule has 1 atom stereocenters. The van der Waals surface area contributed by atoms with Crippen LogP contribution in [0.15, 0.2) is 42.5 Å². The van der Waals surface area contributed by atoms with E-state index < -0.39 is 5.41 Å². The summed E-state index contributed by atoms with van der Waals surface area (Å²) >= 11 is 2.30. The van der Waals surface area contributed by atoms with E-state index in [1.54, 1.807) is 0 Å². The van der Waals surface area contributed by atoms with Crippen LogP contribution < -0.4 is 11.1 Å². The molecule has 21 heavy (non-hydrogen) atoms. The van der Waals surface area contributed by atoms with Gasteiger partial charge < -0.3 is 11.1 Å². The van der Waals surface area contributed by atoms with Gasteiger partial charge in [-0.1, -0.05) is 30.3 Å². The number of anilines is 1. The van der Waals surface area contributed by atoms with Crippen molar-refractivity contribution < 1.29 is 4.79 Å². The fraction of sp³-hybridized carbons (Fsp3) is 0.235. The highest BCUT2D eigenvalue weighted by atomic mass is 127. The minimum Gasteiger partial charge on any atom is -0.325 e. The van der Waals surface area contributed by atoms with Crippen LogP contribution in [0, 0.1) is 3.57 Å². The van der Waals surface area contributed by atoms with Crippen molar-refractivity contribution in [2.45, 2.75) is 25.3 Å². The predicted molar refractivity (Wildman–Crippen MR) is 93.3 cm³/mol. The summed E-state index contributed by atoms with van der Waals surface area (Å²) in [6.07, 6.45) is 0. The van der Waals surface area contributed by atoms with Gasteiger partial charge in [0.15, 0.2) is 0 Å². The Kier molecular flexibility index (Phi) is 3.53. The van der Waals surface area contributed by atoms with Gasteiger partial charge in [0.2, 0.25) is 5.91 Å². The zero-order valence-corrected chi connectivity index (χ0v) is 14.1. The second-order valence-electron chi connectivity index (χ2n) is 5.88. The van der Waals surface area contributed by atoms with Crippen LogP contribution in [0.5, 0.6) is 0 Å². The van der Waals surface area contributed by atoms with Crippen LogP contribution >= 0.6 is 22.6 Å². The Morgan fingerprint density at radius 1 is 1.19 bits per heavy atom. The number of halogens is 1. The molecule has 4 heteroatoms. The smallest absolute Gasteiger partial charge is 0.234 e. The van der Waals surface area contributed by atoms with E-state index in [2.05, 4.69) is 40.0 Å². The molecular formula is C17H17IN2O. The summed E-state index contributed by atoms with van der Waals surface area (Å²) in [5, 5.41) is 2.92. The molecule has 0 fully saturated rings. The molecule has 0 bridgehead atoms. The molecule has 2 aromatic carbocycles. The van der Waals surface area contributed by atoms with Crippen molar-refractivity contribution in [2.24, 2.45) is 5.73 Å². The molecule has 0 saturated carbocycles. The maximum Gasteiger partial charge on any atom is 0.234 e. The van der Waals surface area contributed by atoms with Crippen LogP contribution in [0.4, 0.5) is 5.69 Å². The molecule has 3 N–H and O–H groups in total. The van der Waals surface area contributed by atoms with Crippen LogP contribution in [0.25, 0.3) is 0 Å². The summed E-state index contributed by atoms with van der Waals surface area (Å²) in [6, 6.07) is 13.9. The summed E-state index contributed by atoms with van der Waals surface area (Å²) in [7, 11) is 0. The lowest BCUT2D eigenvalue weighted by molar-refractivity contribution is -0.119. The van der Waals surface area contributed by atoms with Gasteiger partial charge in [0, 0.05) is 9.26 Å². The average molecular weight is 392 g/mol. The van der Waals surface area contributed by atoms with Gasteiger partial charge in [0.25, 0.3) is 0 Å². The Balaban J connectivity index is 2.05. The number of carbonyl (C=O) groups excluding carboxylic acids is 1. The van der Waals surface area contributed by atoms with Gasteiger partial charge in [-0.15, -0.1) is 0 Å². The van der Waals surface area contributed by atoms with Crippen LogP contribution in [-0.4, -0.2) is 5.91 Å². The van der Waals surface area contributed by atoms with Crippen molar-refractivity contribution in [2.75, 3.05) is 5.32 Å². The number of hydrogen-bond donors (Lipinski definition) is 2. The third-order valence-corrected chi connectivity index (χ3v) is 5.11. The van der Waals surface area contributed by atoms with Gasteiger partial charge in [-0.05, 0) is 65.3 Å². The van der Waals surface area contributed by atoms with Crippen LogP contribution in [-0.2, 0) is 10.2 Å². The Morgan fingerprint density at radius 2 is 1.90 bits per heavy atom. The third kappa shape index (κ3) is 2.36. The molecule has 1 aliphatic heterocycles. The van der Waals surface area contributed by atoms with Crippen LogP contribution in [0.1, 0.15) is 36.6 Å². The lowest BCUT2D eigenvalue weighted by atomic mass is 9.84. The fourth-order valence-electron chi connectivity index (χ4n) is 2.69. The normalized spacial score (nSPS) is 17.2. The van der Waals surface area contributed by atoms with Crippen molar-refractivity contribution in [1.82, 2.24) is 0 Å². The van der Waals surface area contributed by atoms with Crippen molar-refractivity contribution in [3.8, 4) is 0 Å². The summed E-state index contributed by atoms with van der Waals surface area (Å²) in [5.74, 6) is 0.0394. The largest absolute Gasteiger partial charge is 0.325 e. The first kappa shape index (κ1) is 14.5. The molecule has 0 saturated heterocycles. The number of amides is 1. The highest BCUT2D eigenvalue weighted by Gasteiger charge is 2.38. The number of nitrogens with two attached hydrogens (primary N) is 1. The summed E-state index contributed by atoms with van der Waals surface area (Å²) in [6.45, 7) is 3.88. The minimum absolute atomic E-state index is 0.0394. The van der Waals surface area contributed by atoms with E-state index in [0.29, 0.717) is 0 Å². The number of nitrogens with one attached hydrogen (secondary N) is 1. The molecule has 3 nitrogen and oxygen atoms in total. The standard InChI is InChI=1S/C17H17IN2O/c1-17(2)12-9-10(7-8-14(12)20-16(17)21)15(19)11-5-3-4-6-13(11)18/h3-9,15H,19H2,1-2H3,(H,20,21). The SMILES string of the molecule is CC1(C)C(=O)Nc2ccc(C(N)c3ccccc3I)cc21. The monoisotopic (exact) mass is 392 g/mol. The molecule has 3 rings (SSSR count). The van der Waals surface area contributed by atoms with E-state index in [9.17, 15) is 4.79 Å². The van der Waals surface area contributed by atoms with Crippen molar-refractivity contribution in [3.63, 3.8) is 0 Å². The number of hydrogen-bond acceptors (Lipinski definition) is 2. The lowest BCUT2D eigenvalue weighted by Crippen LogP contribution is -2.27. The zero-order chi connectivity index (χ0) is 15.2. The first-order valence-corrected chi connectivity index (χ1v) is 7.95. The first-order valence-electron chi connectivity index (χ1n) is 6.87. The van der Waals surface area contributed by atoms with E-state index in [1.807, 2.05) is 44.2 Å². The van der Waals surface area contributed by atoms with Crippen molar-refractivity contribution >= 4 is 34.2 Å².